The van der Waals surface area contributed by atoms with Crippen molar-refractivity contribution in [3.63, 3.8) is 0 Å². The summed E-state index contributed by atoms with van der Waals surface area (Å²) < 4.78 is 8.46. The number of aromatic amines is 1. The molecule has 10 heteroatoms. The zero-order chi connectivity index (χ0) is 23.9. The molecule has 178 valence electrons. The first-order chi connectivity index (χ1) is 15.6. The highest BCUT2D eigenvalue weighted by Gasteiger charge is 2.34. The van der Waals surface area contributed by atoms with Gasteiger partial charge in [0.15, 0.2) is 0 Å². The van der Waals surface area contributed by atoms with Crippen LogP contribution in [0.5, 0.6) is 5.88 Å². The van der Waals surface area contributed by atoms with Crippen LogP contribution in [0.3, 0.4) is 0 Å². The molecule has 3 N–H and O–H groups in total. The highest BCUT2D eigenvalue weighted by molar-refractivity contribution is 5.96. The molecule has 2 fully saturated rings. The molecule has 2 aromatic rings. The van der Waals surface area contributed by atoms with Gasteiger partial charge in [-0.05, 0) is 38.7 Å². The molecule has 0 aromatic carbocycles. The highest BCUT2D eigenvalue weighted by atomic mass is 16.5. The molecular formula is C23H32N5O5+. The first-order valence-corrected chi connectivity index (χ1v) is 11.4. The van der Waals surface area contributed by atoms with E-state index in [1.807, 2.05) is 27.7 Å². The lowest BCUT2D eigenvalue weighted by Crippen LogP contribution is -2.50. The van der Waals surface area contributed by atoms with E-state index in [-0.39, 0.29) is 29.3 Å². The number of carbonyl (C=O) groups excluding carboxylic acids is 2. The van der Waals surface area contributed by atoms with Gasteiger partial charge < -0.3 is 20.1 Å². The van der Waals surface area contributed by atoms with E-state index in [1.54, 1.807) is 21.7 Å². The number of hydrogen-bond acceptors (Lipinski definition) is 5. The van der Waals surface area contributed by atoms with Gasteiger partial charge in [-0.25, -0.2) is 9.89 Å². The molecule has 10 nitrogen and oxygen atoms in total. The first-order valence-electron chi connectivity index (χ1n) is 11.4. The number of hydrogen-bond donors (Lipinski definition) is 3. The van der Waals surface area contributed by atoms with Crippen LogP contribution in [0.2, 0.25) is 0 Å². The summed E-state index contributed by atoms with van der Waals surface area (Å²) in [5, 5.41) is 16.6. The lowest BCUT2D eigenvalue weighted by molar-refractivity contribution is -0.686. The molecule has 33 heavy (non-hydrogen) atoms. The van der Waals surface area contributed by atoms with Crippen LogP contribution >= 0.6 is 0 Å². The second kappa shape index (κ2) is 8.66. The molecule has 4 rings (SSSR count). The lowest BCUT2D eigenvalue weighted by atomic mass is 10.1. The Morgan fingerprint density at radius 2 is 2.12 bits per heavy atom. The average Bonchev–Trinajstić information content (AvgIpc) is 3.44. The van der Waals surface area contributed by atoms with Gasteiger partial charge in [0.2, 0.25) is 11.5 Å². The monoisotopic (exact) mass is 458 g/mol. The van der Waals surface area contributed by atoms with Crippen LogP contribution in [0.1, 0.15) is 56.5 Å². The van der Waals surface area contributed by atoms with E-state index in [0.717, 1.165) is 12.8 Å². The zero-order valence-corrected chi connectivity index (χ0v) is 19.6. The second-order valence-electron chi connectivity index (χ2n) is 9.85. The molecule has 3 heterocycles. The largest absolute Gasteiger partial charge is 0.477 e. The Morgan fingerprint density at radius 1 is 1.39 bits per heavy atom. The number of H-pyrrole nitrogens is 1. The number of aromatic hydroxyl groups is 1. The van der Waals surface area contributed by atoms with Gasteiger partial charge in [-0.3, -0.25) is 9.59 Å². The van der Waals surface area contributed by atoms with Gasteiger partial charge >= 0.3 is 17.1 Å². The van der Waals surface area contributed by atoms with Crippen LogP contribution in [0.15, 0.2) is 17.1 Å². The fourth-order valence-electron chi connectivity index (χ4n) is 4.08. The number of morpholine rings is 1. The number of ether oxygens (including phenoxy) is 1. The van der Waals surface area contributed by atoms with E-state index in [1.165, 1.54) is 10.6 Å². The van der Waals surface area contributed by atoms with E-state index in [4.69, 9.17) is 4.74 Å². The summed E-state index contributed by atoms with van der Waals surface area (Å²) in [7, 11) is 0. The first kappa shape index (κ1) is 23.0. The smallest absolute Gasteiger partial charge is 0.378 e. The summed E-state index contributed by atoms with van der Waals surface area (Å²) in [4.78, 5) is 40.3. The van der Waals surface area contributed by atoms with Crippen LogP contribution in [0, 0.1) is 5.92 Å². The zero-order valence-electron chi connectivity index (χ0n) is 19.6. The Hall–Kier alpha value is -3.14. The summed E-state index contributed by atoms with van der Waals surface area (Å²) in [5.41, 5.74) is -0.386. The minimum absolute atomic E-state index is 0.0499. The van der Waals surface area contributed by atoms with Crippen molar-refractivity contribution in [3.8, 4) is 5.88 Å². The van der Waals surface area contributed by atoms with E-state index >= 15 is 0 Å². The quantitative estimate of drug-likeness (QED) is 0.437. The van der Waals surface area contributed by atoms with Crippen LogP contribution < -0.4 is 15.4 Å². The van der Waals surface area contributed by atoms with Gasteiger partial charge in [0.1, 0.15) is 0 Å². The molecule has 2 amide bonds. The number of fused-ring (bicyclic) bond motifs is 1. The number of amides is 2. The summed E-state index contributed by atoms with van der Waals surface area (Å²) in [6.45, 7) is 9.68. The Balaban J connectivity index is 1.72. The van der Waals surface area contributed by atoms with Crippen LogP contribution in [-0.4, -0.2) is 62.8 Å². The Morgan fingerprint density at radius 3 is 2.76 bits per heavy atom. The number of nitrogens with zero attached hydrogens (tertiary/aromatic N) is 3. The second-order valence-corrected chi connectivity index (χ2v) is 9.85. The van der Waals surface area contributed by atoms with Gasteiger partial charge in [-0.15, -0.1) is 0 Å². The maximum atomic E-state index is 13.1. The van der Waals surface area contributed by atoms with E-state index in [0.29, 0.717) is 37.5 Å². The standard InChI is InChI=1S/C23H31N5O5/c1-14(2)12-27-20-15(5-8-17(29)26-9-10-33-23(3,4)13-26)11-24-28(20)22(32)18(21(27)31)19(30)25-16-6-7-16/h5,8,11,14,16H,6-7,9-10,12-13H2,1-4H3,(H2,25,30,31,32)/p+1/b8-5+. The van der Waals surface area contributed by atoms with Crippen molar-refractivity contribution in [2.24, 2.45) is 5.92 Å². The number of rotatable bonds is 6. The van der Waals surface area contributed by atoms with E-state index in [9.17, 15) is 19.5 Å². The molecule has 0 bridgehead atoms. The predicted molar refractivity (Wildman–Crippen MR) is 121 cm³/mol. The fourth-order valence-corrected chi connectivity index (χ4v) is 4.08. The number of nitrogens with one attached hydrogen (secondary N) is 2. The third-order valence-corrected chi connectivity index (χ3v) is 5.80. The van der Waals surface area contributed by atoms with Crippen molar-refractivity contribution >= 4 is 23.5 Å². The maximum Gasteiger partial charge on any atom is 0.378 e. The SMILES string of the molecule is CC(C)C[n+]1c(O)c(C(=O)NC2CC2)c(=O)n2[nH]cc(/C=C/C(=O)N3CCOC(C)(C)C3)c21. The van der Waals surface area contributed by atoms with Crippen molar-refractivity contribution in [2.75, 3.05) is 19.7 Å². The molecule has 2 aliphatic rings. The summed E-state index contributed by atoms with van der Waals surface area (Å²) >= 11 is 0. The lowest BCUT2D eigenvalue weighted by Gasteiger charge is -2.37. The topological polar surface area (TPSA) is 120 Å². The van der Waals surface area contributed by atoms with Crippen LogP contribution in [0.25, 0.3) is 11.7 Å². The molecule has 1 aliphatic carbocycles. The van der Waals surface area contributed by atoms with Crippen molar-refractivity contribution in [1.29, 1.82) is 0 Å². The Kier molecular flexibility index (Phi) is 6.04. The molecule has 0 unspecified atom stereocenters. The fraction of sp³-hybridized carbons (Fsp3) is 0.565. The van der Waals surface area contributed by atoms with Gasteiger partial charge in [-0.2, -0.15) is 4.57 Å². The molecule has 0 radical (unpaired) electrons. The predicted octanol–water partition coefficient (Wildman–Crippen LogP) is 0.820. The molecule has 1 saturated carbocycles. The minimum Gasteiger partial charge on any atom is -0.477 e. The molecule has 0 spiro atoms. The van der Waals surface area contributed by atoms with Crippen molar-refractivity contribution in [1.82, 2.24) is 19.8 Å². The average molecular weight is 459 g/mol. The molecule has 2 aromatic heterocycles. The maximum absolute atomic E-state index is 13.1. The normalized spacial score (nSPS) is 18.4. The van der Waals surface area contributed by atoms with Crippen molar-refractivity contribution < 1.29 is 24.0 Å². The summed E-state index contributed by atoms with van der Waals surface area (Å²) in [6, 6.07) is 0.0499. The third-order valence-electron chi connectivity index (χ3n) is 5.80. The highest BCUT2D eigenvalue weighted by Crippen LogP contribution is 2.21. The molecular weight excluding hydrogens is 426 g/mol. The van der Waals surface area contributed by atoms with Gasteiger partial charge in [-0.1, -0.05) is 18.4 Å². The molecule has 1 saturated heterocycles. The van der Waals surface area contributed by atoms with Crippen molar-refractivity contribution in [2.45, 2.75) is 58.7 Å². The van der Waals surface area contributed by atoms with Crippen LogP contribution in [0.4, 0.5) is 0 Å². The summed E-state index contributed by atoms with van der Waals surface area (Å²) in [6.07, 6.45) is 6.40. The minimum atomic E-state index is -0.637. The van der Waals surface area contributed by atoms with E-state index in [2.05, 4.69) is 10.4 Å². The molecule has 1 aliphatic heterocycles. The number of carbonyl (C=O) groups is 2. The Bertz CT molecular complexity index is 1170. The van der Waals surface area contributed by atoms with Crippen LogP contribution in [-0.2, 0) is 16.1 Å². The van der Waals surface area contributed by atoms with Crippen molar-refractivity contribution in [3.05, 3.63) is 33.8 Å². The van der Waals surface area contributed by atoms with Gasteiger partial charge in [0.25, 0.3) is 5.91 Å². The summed E-state index contributed by atoms with van der Waals surface area (Å²) in [5.74, 6) is -0.982. The Labute approximate surface area is 191 Å². The van der Waals surface area contributed by atoms with Gasteiger partial charge in [0.05, 0.1) is 30.5 Å². The third kappa shape index (κ3) is 4.80. The number of aromatic nitrogens is 3. The van der Waals surface area contributed by atoms with Gasteiger partial charge in [0, 0.05) is 25.2 Å². The molecule has 0 atom stereocenters. The van der Waals surface area contributed by atoms with E-state index < -0.39 is 17.1 Å².